The molecule has 0 aliphatic rings. The largest absolute Gasteiger partial charge is 0.402 e. The molecule has 0 atom stereocenters. The Balaban J connectivity index is 0.000000971. The molecule has 167 valence electrons. The average Bonchev–Trinajstić information content (AvgIpc) is 2.85. The Bertz CT molecular complexity index is 1000. The van der Waals surface area contributed by atoms with Crippen LogP contribution in [-0.4, -0.2) is 18.1 Å². The van der Waals surface area contributed by atoms with Gasteiger partial charge >= 0.3 is 0 Å². The van der Waals surface area contributed by atoms with Crippen LogP contribution in [0.2, 0.25) is 0 Å². The van der Waals surface area contributed by atoms with E-state index in [4.69, 9.17) is 4.98 Å². The van der Waals surface area contributed by atoms with Crippen LogP contribution in [0.3, 0.4) is 0 Å². The zero-order valence-electron chi connectivity index (χ0n) is 20.4. The van der Waals surface area contributed by atoms with Gasteiger partial charge in [-0.3, -0.25) is 0 Å². The molecule has 4 aromatic rings. The van der Waals surface area contributed by atoms with Crippen molar-refractivity contribution in [2.45, 2.75) is 47.5 Å². The molecule has 1 heterocycles. The third-order valence-corrected chi connectivity index (χ3v) is 5.15. The van der Waals surface area contributed by atoms with Crippen LogP contribution in [-0.2, 0) is 39.1 Å². The first kappa shape index (κ1) is 28.3. The van der Waals surface area contributed by atoms with Crippen LogP contribution in [0.15, 0.2) is 72.8 Å². The molecule has 0 aliphatic heterocycles. The Morgan fingerprint density at radius 1 is 0.750 bits per heavy atom. The third kappa shape index (κ3) is 6.86. The summed E-state index contributed by atoms with van der Waals surface area (Å²) in [4.78, 5) is 7.16. The van der Waals surface area contributed by atoms with Crippen molar-refractivity contribution in [1.29, 1.82) is 0 Å². The number of nitrogens with zero attached hydrogens (tertiary/aromatic N) is 2. The minimum Gasteiger partial charge on any atom is -0.402 e. The fourth-order valence-corrected chi connectivity index (χ4v) is 3.79. The summed E-state index contributed by atoms with van der Waals surface area (Å²) in [6.45, 7) is 16.1. The maximum atomic E-state index is 4.84. The predicted octanol–water partition coefficient (Wildman–Crippen LogP) is 8.08. The van der Waals surface area contributed by atoms with Gasteiger partial charge in [0, 0.05) is 55.7 Å². The number of benzene rings is 3. The van der Waals surface area contributed by atoms with Gasteiger partial charge in [0.15, 0.2) is 0 Å². The summed E-state index contributed by atoms with van der Waals surface area (Å²) in [5, 5.41) is 2.48. The van der Waals surface area contributed by atoms with Crippen LogP contribution >= 0.6 is 0 Å². The predicted molar refractivity (Wildman–Crippen MR) is 139 cm³/mol. The molecule has 0 bridgehead atoms. The van der Waals surface area contributed by atoms with E-state index in [0.29, 0.717) is 0 Å². The maximum Gasteiger partial charge on any atom is 0.0712 e. The summed E-state index contributed by atoms with van der Waals surface area (Å²) in [5.41, 5.74) is 6.05. The summed E-state index contributed by atoms with van der Waals surface area (Å²) < 4.78 is 0. The molecule has 3 heteroatoms. The molecule has 1 aromatic heterocycles. The van der Waals surface area contributed by atoms with Gasteiger partial charge < -0.3 is 11.8 Å². The molecule has 0 unspecified atom stereocenters. The number of para-hydroxylation sites is 2. The zero-order chi connectivity index (χ0) is 22.6. The van der Waals surface area contributed by atoms with E-state index in [-0.39, 0.29) is 32.7 Å². The number of hydrogen-bond acceptors (Lipinski definition) is 2. The van der Waals surface area contributed by atoms with Crippen molar-refractivity contribution in [3.63, 3.8) is 0 Å². The first-order chi connectivity index (χ1) is 15.3. The average molecular weight is 503 g/mol. The smallest absolute Gasteiger partial charge is 0.0712 e. The maximum absolute atomic E-state index is 4.84. The van der Waals surface area contributed by atoms with E-state index in [1.165, 1.54) is 27.6 Å². The van der Waals surface area contributed by atoms with Crippen molar-refractivity contribution in [3.05, 3.63) is 90.8 Å². The van der Waals surface area contributed by atoms with Gasteiger partial charge in [0.2, 0.25) is 0 Å². The van der Waals surface area contributed by atoms with Gasteiger partial charge in [-0.25, -0.2) is 4.98 Å². The van der Waals surface area contributed by atoms with Crippen LogP contribution in [0, 0.1) is 6.92 Å². The van der Waals surface area contributed by atoms with Crippen LogP contribution in [0.4, 0.5) is 5.69 Å². The van der Waals surface area contributed by atoms with Crippen LogP contribution in [0.5, 0.6) is 0 Å². The second kappa shape index (κ2) is 15.1. The number of pyridine rings is 1. The second-order valence-corrected chi connectivity index (χ2v) is 6.95. The Morgan fingerprint density at radius 3 is 1.72 bits per heavy atom. The van der Waals surface area contributed by atoms with Crippen LogP contribution < -0.4 is 4.90 Å². The van der Waals surface area contributed by atoms with Gasteiger partial charge in [-0.05, 0) is 48.2 Å². The van der Waals surface area contributed by atoms with E-state index >= 15 is 0 Å². The second-order valence-electron chi connectivity index (χ2n) is 6.95. The van der Waals surface area contributed by atoms with Crippen molar-refractivity contribution in [2.75, 3.05) is 18.0 Å². The van der Waals surface area contributed by atoms with Crippen molar-refractivity contribution < 1.29 is 32.7 Å². The first-order valence-corrected chi connectivity index (χ1v) is 11.7. The number of fused-ring (bicyclic) bond motifs is 2. The summed E-state index contributed by atoms with van der Waals surface area (Å²) in [6.07, 6.45) is 2.04. The van der Waals surface area contributed by atoms with E-state index in [0.717, 1.165) is 37.0 Å². The van der Waals surface area contributed by atoms with Crippen molar-refractivity contribution >= 4 is 27.5 Å². The molecule has 0 amide bonds. The Labute approximate surface area is 220 Å². The molecule has 0 saturated carbocycles. The molecule has 0 aliphatic carbocycles. The summed E-state index contributed by atoms with van der Waals surface area (Å²) in [5.74, 6) is 0. The fraction of sp³-hybridized carbons (Fsp3) is 0.310. The monoisotopic (exact) mass is 502 g/mol. The molecule has 3 aromatic carbocycles. The zero-order valence-corrected chi connectivity index (χ0v) is 23.3. The molecule has 0 N–H and O–H groups in total. The number of hydrogen-bond donors (Lipinski definition) is 0. The topological polar surface area (TPSA) is 16.1 Å². The molecule has 0 saturated heterocycles. The van der Waals surface area contributed by atoms with E-state index in [1.807, 2.05) is 27.7 Å². The van der Waals surface area contributed by atoms with E-state index in [1.54, 1.807) is 0 Å². The van der Waals surface area contributed by atoms with Gasteiger partial charge in [0.1, 0.15) is 0 Å². The summed E-state index contributed by atoms with van der Waals surface area (Å²) >= 11 is 0. The van der Waals surface area contributed by atoms with Gasteiger partial charge in [0.05, 0.1) is 11.0 Å². The van der Waals surface area contributed by atoms with Crippen molar-refractivity contribution in [2.24, 2.45) is 0 Å². The molecular weight excluding hydrogens is 465 g/mol. The summed E-state index contributed by atoms with van der Waals surface area (Å²) in [7, 11) is 0. The van der Waals surface area contributed by atoms with Gasteiger partial charge in [0.25, 0.3) is 0 Å². The number of rotatable bonds is 6. The molecule has 0 spiro atoms. The van der Waals surface area contributed by atoms with E-state index in [2.05, 4.69) is 91.5 Å². The fourth-order valence-electron chi connectivity index (χ4n) is 3.79. The van der Waals surface area contributed by atoms with Gasteiger partial charge in [-0.1, -0.05) is 83.1 Å². The van der Waals surface area contributed by atoms with Crippen molar-refractivity contribution in [3.8, 4) is 0 Å². The molecule has 0 fully saturated rings. The molecule has 32 heavy (non-hydrogen) atoms. The molecule has 1 radical (unpaired) electrons. The number of anilines is 1. The minimum atomic E-state index is 0. The van der Waals surface area contributed by atoms with Gasteiger partial charge in [-0.15, -0.1) is 6.54 Å². The molecular formula is C29H37N2Y-. The molecule has 4 rings (SSSR count). The minimum absolute atomic E-state index is 0. The Hall–Kier alpha value is -1.77. The SMILES string of the molecule is CC.CC.[CH2-]CN(CCC)c1ccc(Cc2c3ccccc3nc3ccccc23)cc1.[Y]. The van der Waals surface area contributed by atoms with E-state index in [9.17, 15) is 0 Å². The summed E-state index contributed by atoms with van der Waals surface area (Å²) in [6, 6.07) is 25.8. The first-order valence-electron chi connectivity index (χ1n) is 11.7. The van der Waals surface area contributed by atoms with Crippen LogP contribution in [0.1, 0.15) is 52.2 Å². The van der Waals surface area contributed by atoms with Crippen LogP contribution in [0.25, 0.3) is 21.8 Å². The van der Waals surface area contributed by atoms with Gasteiger partial charge in [-0.2, -0.15) is 0 Å². The Morgan fingerprint density at radius 2 is 1.25 bits per heavy atom. The number of aromatic nitrogens is 1. The standard InChI is InChI=1S/C25H25N2.2C2H6.Y/c1-3-17-27(4-2)20-15-13-19(14-16-20)18-23-21-9-5-7-11-24(21)26-25-12-8-6-10-22(23)25;2*1-2;/h5-16H,2-4,17-18H2,1H3;2*1-2H3;/q-1;;;. The molecule has 2 nitrogen and oxygen atoms in total. The van der Waals surface area contributed by atoms with Crippen molar-refractivity contribution in [1.82, 2.24) is 4.98 Å². The van der Waals surface area contributed by atoms with E-state index < -0.39 is 0 Å². The third-order valence-electron chi connectivity index (χ3n) is 5.15. The quantitative estimate of drug-likeness (QED) is 0.196. The normalized spacial score (nSPS) is 9.81. The Kier molecular flexibility index (Phi) is 13.4.